The second kappa shape index (κ2) is 6.37. The number of halogens is 1. The standard InChI is InChI=1S/C13H11FN4O2S/c1-2-11-16-17-13(21-7-12(19)20)18(11)9-3-4-10(14)8(5-9)6-15/h3-5H,2,7H2,1H3,(H,19,20). The van der Waals surface area contributed by atoms with Crippen LogP contribution in [0.1, 0.15) is 18.3 Å². The Kier molecular flexibility index (Phi) is 4.55. The van der Waals surface area contributed by atoms with E-state index in [-0.39, 0.29) is 11.3 Å². The van der Waals surface area contributed by atoms with Crippen LogP contribution in [0.25, 0.3) is 5.69 Å². The quantitative estimate of drug-likeness (QED) is 0.850. The fraction of sp³-hybridized carbons (Fsp3) is 0.231. The lowest BCUT2D eigenvalue weighted by Gasteiger charge is -2.09. The van der Waals surface area contributed by atoms with Gasteiger partial charge in [-0.2, -0.15) is 5.26 Å². The third kappa shape index (κ3) is 3.20. The summed E-state index contributed by atoms with van der Waals surface area (Å²) < 4.78 is 15.0. The predicted octanol–water partition coefficient (Wildman–Crippen LogP) is 2.02. The van der Waals surface area contributed by atoms with Crippen molar-refractivity contribution in [3.05, 3.63) is 35.4 Å². The van der Waals surface area contributed by atoms with Gasteiger partial charge in [0, 0.05) is 6.42 Å². The van der Waals surface area contributed by atoms with Crippen LogP contribution in [-0.4, -0.2) is 31.6 Å². The van der Waals surface area contributed by atoms with E-state index in [4.69, 9.17) is 10.4 Å². The van der Waals surface area contributed by atoms with Gasteiger partial charge in [0.25, 0.3) is 0 Å². The maximum atomic E-state index is 13.4. The van der Waals surface area contributed by atoms with Crippen molar-refractivity contribution in [1.29, 1.82) is 5.26 Å². The normalized spacial score (nSPS) is 10.3. The highest BCUT2D eigenvalue weighted by molar-refractivity contribution is 7.99. The number of carbonyl (C=O) groups is 1. The SMILES string of the molecule is CCc1nnc(SCC(=O)O)n1-c1ccc(F)c(C#N)c1. The van der Waals surface area contributed by atoms with E-state index in [2.05, 4.69) is 10.2 Å². The molecule has 0 unspecified atom stereocenters. The molecule has 0 saturated carbocycles. The van der Waals surface area contributed by atoms with E-state index >= 15 is 0 Å². The number of hydrogen-bond acceptors (Lipinski definition) is 5. The first-order valence-electron chi connectivity index (χ1n) is 6.05. The van der Waals surface area contributed by atoms with Gasteiger partial charge in [-0.1, -0.05) is 18.7 Å². The van der Waals surface area contributed by atoms with Gasteiger partial charge in [-0.05, 0) is 18.2 Å². The first-order chi connectivity index (χ1) is 10.1. The van der Waals surface area contributed by atoms with Gasteiger partial charge in [-0.3, -0.25) is 9.36 Å². The molecule has 0 aliphatic rings. The smallest absolute Gasteiger partial charge is 0.313 e. The second-order valence-corrected chi connectivity index (χ2v) is 4.99. The minimum absolute atomic E-state index is 0.0857. The zero-order valence-electron chi connectivity index (χ0n) is 11.1. The minimum Gasteiger partial charge on any atom is -0.481 e. The van der Waals surface area contributed by atoms with Crippen LogP contribution < -0.4 is 0 Å². The molecule has 2 aromatic rings. The largest absolute Gasteiger partial charge is 0.481 e. The monoisotopic (exact) mass is 306 g/mol. The molecule has 0 aliphatic heterocycles. The first-order valence-corrected chi connectivity index (χ1v) is 7.04. The van der Waals surface area contributed by atoms with Gasteiger partial charge in [-0.15, -0.1) is 10.2 Å². The Morgan fingerprint density at radius 1 is 1.52 bits per heavy atom. The first kappa shape index (κ1) is 15.0. The molecular weight excluding hydrogens is 295 g/mol. The van der Waals surface area contributed by atoms with Gasteiger partial charge >= 0.3 is 5.97 Å². The van der Waals surface area contributed by atoms with Crippen LogP contribution in [0.15, 0.2) is 23.4 Å². The average molecular weight is 306 g/mol. The molecule has 1 N–H and O–H groups in total. The lowest BCUT2D eigenvalue weighted by Crippen LogP contribution is -2.05. The fourth-order valence-corrected chi connectivity index (χ4v) is 2.44. The Morgan fingerprint density at radius 2 is 2.29 bits per heavy atom. The summed E-state index contributed by atoms with van der Waals surface area (Å²) in [6, 6.07) is 5.86. The van der Waals surface area contributed by atoms with Crippen molar-refractivity contribution in [1.82, 2.24) is 14.8 Å². The number of hydrogen-bond donors (Lipinski definition) is 1. The molecule has 0 radical (unpaired) electrons. The van der Waals surface area contributed by atoms with Crippen LogP contribution in [0.2, 0.25) is 0 Å². The summed E-state index contributed by atoms with van der Waals surface area (Å²) in [4.78, 5) is 10.7. The van der Waals surface area contributed by atoms with Crippen molar-refractivity contribution >= 4 is 17.7 Å². The number of aliphatic carboxylic acids is 1. The molecule has 0 bridgehead atoms. The molecular formula is C13H11FN4O2S. The highest BCUT2D eigenvalue weighted by Gasteiger charge is 2.15. The number of aryl methyl sites for hydroxylation is 1. The second-order valence-electron chi connectivity index (χ2n) is 4.05. The van der Waals surface area contributed by atoms with E-state index in [0.717, 1.165) is 11.8 Å². The maximum absolute atomic E-state index is 13.4. The number of nitrogens with zero attached hydrogens (tertiary/aromatic N) is 4. The van der Waals surface area contributed by atoms with Crippen molar-refractivity contribution in [2.24, 2.45) is 0 Å². The molecule has 1 heterocycles. The molecule has 0 amide bonds. The van der Waals surface area contributed by atoms with Crippen molar-refractivity contribution < 1.29 is 14.3 Å². The Labute approximate surface area is 124 Å². The number of rotatable bonds is 5. The van der Waals surface area contributed by atoms with Crippen LogP contribution in [0.4, 0.5) is 4.39 Å². The average Bonchev–Trinajstić information content (AvgIpc) is 2.88. The van der Waals surface area contributed by atoms with E-state index < -0.39 is 11.8 Å². The number of nitriles is 1. The molecule has 2 rings (SSSR count). The summed E-state index contributed by atoms with van der Waals surface area (Å²) in [6.07, 6.45) is 0.569. The Balaban J connectivity index is 2.48. The van der Waals surface area contributed by atoms with Crippen LogP contribution in [0, 0.1) is 17.1 Å². The molecule has 6 nitrogen and oxygen atoms in total. The topological polar surface area (TPSA) is 91.8 Å². The third-order valence-corrected chi connectivity index (χ3v) is 3.58. The van der Waals surface area contributed by atoms with E-state index in [1.54, 1.807) is 10.6 Å². The van der Waals surface area contributed by atoms with Crippen molar-refractivity contribution in [2.45, 2.75) is 18.5 Å². The molecule has 0 atom stereocenters. The van der Waals surface area contributed by atoms with Gasteiger partial charge in [0.15, 0.2) is 5.16 Å². The summed E-state index contributed by atoms with van der Waals surface area (Å²) in [5, 5.41) is 26.0. The molecule has 0 spiro atoms. The van der Waals surface area contributed by atoms with E-state index in [9.17, 15) is 9.18 Å². The molecule has 1 aromatic carbocycles. The van der Waals surface area contributed by atoms with E-state index in [0.29, 0.717) is 23.1 Å². The molecule has 0 saturated heterocycles. The highest BCUT2D eigenvalue weighted by Crippen LogP contribution is 2.23. The summed E-state index contributed by atoms with van der Waals surface area (Å²) in [5.41, 5.74) is 0.445. The van der Waals surface area contributed by atoms with Gasteiger partial charge in [0.1, 0.15) is 17.7 Å². The van der Waals surface area contributed by atoms with Crippen LogP contribution >= 0.6 is 11.8 Å². The van der Waals surface area contributed by atoms with E-state index in [1.165, 1.54) is 18.2 Å². The summed E-state index contributed by atoms with van der Waals surface area (Å²) in [5.74, 6) is -1.12. The van der Waals surface area contributed by atoms with Crippen molar-refractivity contribution in [2.75, 3.05) is 5.75 Å². The Bertz CT molecular complexity index is 723. The van der Waals surface area contributed by atoms with Gasteiger partial charge in [-0.25, -0.2) is 4.39 Å². The van der Waals surface area contributed by atoms with Gasteiger partial charge in [0.2, 0.25) is 0 Å². The summed E-state index contributed by atoms with van der Waals surface area (Å²) in [6.45, 7) is 1.88. The molecule has 1 aromatic heterocycles. The molecule has 8 heteroatoms. The summed E-state index contributed by atoms with van der Waals surface area (Å²) in [7, 11) is 0. The van der Waals surface area contributed by atoms with Crippen LogP contribution in [0.5, 0.6) is 0 Å². The zero-order valence-corrected chi connectivity index (χ0v) is 11.9. The van der Waals surface area contributed by atoms with Crippen molar-refractivity contribution in [3.8, 4) is 11.8 Å². The Hall–Kier alpha value is -2.40. The Morgan fingerprint density at radius 3 is 2.90 bits per heavy atom. The van der Waals surface area contributed by atoms with Crippen molar-refractivity contribution in [3.63, 3.8) is 0 Å². The predicted molar refractivity (Wildman–Crippen MR) is 73.8 cm³/mol. The number of carboxylic acids is 1. The molecule has 0 aliphatic carbocycles. The summed E-state index contributed by atoms with van der Waals surface area (Å²) >= 11 is 1.02. The van der Waals surface area contributed by atoms with Crippen LogP contribution in [-0.2, 0) is 11.2 Å². The zero-order chi connectivity index (χ0) is 15.4. The van der Waals surface area contributed by atoms with E-state index in [1.807, 2.05) is 6.92 Å². The third-order valence-electron chi connectivity index (χ3n) is 2.67. The molecule has 108 valence electrons. The number of carboxylic acid groups (broad SMARTS) is 1. The number of aromatic nitrogens is 3. The minimum atomic E-state index is -0.968. The number of benzene rings is 1. The fourth-order valence-electron chi connectivity index (χ4n) is 1.75. The number of thioether (sulfide) groups is 1. The molecule has 21 heavy (non-hydrogen) atoms. The molecule has 0 fully saturated rings. The lowest BCUT2D eigenvalue weighted by atomic mass is 10.2. The lowest BCUT2D eigenvalue weighted by molar-refractivity contribution is -0.133. The van der Waals surface area contributed by atoms with Gasteiger partial charge < -0.3 is 5.11 Å². The maximum Gasteiger partial charge on any atom is 0.313 e. The van der Waals surface area contributed by atoms with Crippen LogP contribution in [0.3, 0.4) is 0 Å². The van der Waals surface area contributed by atoms with Gasteiger partial charge in [0.05, 0.1) is 17.0 Å². The highest BCUT2D eigenvalue weighted by atomic mass is 32.2.